The largest absolute Gasteiger partial charge is 0.488 e. The SMILES string of the molecule is CC(=O)Oc1ccc(COc2c(C)cccc2C)cc1OC(C)=O. The van der Waals surface area contributed by atoms with E-state index in [4.69, 9.17) is 14.2 Å². The van der Waals surface area contributed by atoms with Crippen LogP contribution in [-0.4, -0.2) is 11.9 Å². The predicted octanol–water partition coefficient (Wildman–Crippen LogP) is 3.73. The van der Waals surface area contributed by atoms with Crippen molar-refractivity contribution in [3.8, 4) is 17.2 Å². The van der Waals surface area contributed by atoms with Crippen molar-refractivity contribution in [2.24, 2.45) is 0 Å². The number of benzene rings is 2. The van der Waals surface area contributed by atoms with Crippen molar-refractivity contribution in [3.63, 3.8) is 0 Å². The quantitative estimate of drug-likeness (QED) is 0.618. The summed E-state index contributed by atoms with van der Waals surface area (Å²) < 4.78 is 16.0. The molecule has 0 spiro atoms. The van der Waals surface area contributed by atoms with Crippen LogP contribution in [0.5, 0.6) is 17.2 Å². The molecule has 2 aromatic rings. The van der Waals surface area contributed by atoms with Gasteiger partial charge < -0.3 is 14.2 Å². The van der Waals surface area contributed by atoms with Crippen LogP contribution in [0.15, 0.2) is 36.4 Å². The van der Waals surface area contributed by atoms with Crippen molar-refractivity contribution < 1.29 is 23.8 Å². The molecule has 0 aliphatic rings. The number of para-hydroxylation sites is 1. The Kier molecular flexibility index (Phi) is 5.58. The maximum Gasteiger partial charge on any atom is 0.308 e. The first-order valence-corrected chi connectivity index (χ1v) is 7.55. The molecular weight excluding hydrogens is 308 g/mol. The molecule has 0 atom stereocenters. The van der Waals surface area contributed by atoms with Crippen molar-refractivity contribution in [2.45, 2.75) is 34.3 Å². The Balaban J connectivity index is 2.21. The van der Waals surface area contributed by atoms with Gasteiger partial charge in [-0.05, 0) is 42.7 Å². The minimum Gasteiger partial charge on any atom is -0.488 e. The molecule has 0 saturated heterocycles. The highest BCUT2D eigenvalue weighted by atomic mass is 16.6. The summed E-state index contributed by atoms with van der Waals surface area (Å²) in [5.74, 6) is 0.253. The summed E-state index contributed by atoms with van der Waals surface area (Å²) in [4.78, 5) is 22.4. The summed E-state index contributed by atoms with van der Waals surface area (Å²) in [6.07, 6.45) is 0. The normalized spacial score (nSPS) is 10.2. The van der Waals surface area contributed by atoms with E-state index < -0.39 is 11.9 Å². The second-order valence-electron chi connectivity index (χ2n) is 5.48. The van der Waals surface area contributed by atoms with Crippen LogP contribution in [-0.2, 0) is 16.2 Å². The summed E-state index contributed by atoms with van der Waals surface area (Å²) >= 11 is 0. The molecule has 2 aromatic carbocycles. The first-order valence-electron chi connectivity index (χ1n) is 7.55. The molecule has 0 aliphatic heterocycles. The fourth-order valence-electron chi connectivity index (χ4n) is 2.30. The molecule has 24 heavy (non-hydrogen) atoms. The smallest absolute Gasteiger partial charge is 0.308 e. The lowest BCUT2D eigenvalue weighted by Gasteiger charge is -2.14. The number of esters is 2. The topological polar surface area (TPSA) is 61.8 Å². The number of carbonyl (C=O) groups is 2. The van der Waals surface area contributed by atoms with Gasteiger partial charge in [-0.15, -0.1) is 0 Å². The van der Waals surface area contributed by atoms with E-state index in [2.05, 4.69) is 0 Å². The fraction of sp³-hybridized carbons (Fsp3) is 0.263. The molecule has 5 heteroatoms. The van der Waals surface area contributed by atoms with E-state index in [0.29, 0.717) is 6.61 Å². The maximum absolute atomic E-state index is 11.2. The lowest BCUT2D eigenvalue weighted by Crippen LogP contribution is -2.08. The highest BCUT2D eigenvalue weighted by Crippen LogP contribution is 2.30. The Hall–Kier alpha value is -2.82. The summed E-state index contributed by atoms with van der Waals surface area (Å²) in [5, 5.41) is 0. The van der Waals surface area contributed by atoms with Crippen molar-refractivity contribution in [3.05, 3.63) is 53.1 Å². The Morgan fingerprint density at radius 2 is 1.46 bits per heavy atom. The first kappa shape index (κ1) is 17.5. The molecule has 0 amide bonds. The third-order valence-corrected chi connectivity index (χ3v) is 3.31. The number of aryl methyl sites for hydroxylation is 2. The average molecular weight is 328 g/mol. The third-order valence-electron chi connectivity index (χ3n) is 3.31. The van der Waals surface area contributed by atoms with Crippen LogP contribution in [0.1, 0.15) is 30.5 Å². The molecule has 0 fully saturated rings. The van der Waals surface area contributed by atoms with E-state index in [1.807, 2.05) is 32.0 Å². The van der Waals surface area contributed by atoms with E-state index >= 15 is 0 Å². The van der Waals surface area contributed by atoms with Gasteiger partial charge in [0.2, 0.25) is 0 Å². The Labute approximate surface area is 141 Å². The van der Waals surface area contributed by atoms with E-state index in [-0.39, 0.29) is 11.5 Å². The molecule has 2 rings (SSSR count). The van der Waals surface area contributed by atoms with E-state index in [1.165, 1.54) is 13.8 Å². The number of rotatable bonds is 5. The van der Waals surface area contributed by atoms with E-state index in [0.717, 1.165) is 22.4 Å². The van der Waals surface area contributed by atoms with Gasteiger partial charge in [0, 0.05) is 13.8 Å². The lowest BCUT2D eigenvalue weighted by atomic mass is 10.1. The molecule has 0 bridgehead atoms. The first-order chi connectivity index (χ1) is 11.4. The van der Waals surface area contributed by atoms with Crippen LogP contribution in [0.4, 0.5) is 0 Å². The maximum atomic E-state index is 11.2. The second kappa shape index (κ2) is 7.64. The molecule has 0 aromatic heterocycles. The van der Waals surface area contributed by atoms with Crippen LogP contribution in [0.3, 0.4) is 0 Å². The van der Waals surface area contributed by atoms with Crippen LogP contribution in [0.2, 0.25) is 0 Å². The van der Waals surface area contributed by atoms with E-state index in [1.54, 1.807) is 18.2 Å². The molecule has 0 radical (unpaired) electrons. The molecule has 0 N–H and O–H groups in total. The Morgan fingerprint density at radius 1 is 0.875 bits per heavy atom. The molecule has 5 nitrogen and oxygen atoms in total. The lowest BCUT2D eigenvalue weighted by molar-refractivity contribution is -0.134. The standard InChI is InChI=1S/C19H20O5/c1-12-6-5-7-13(2)19(12)22-11-16-8-9-17(23-14(3)20)18(10-16)24-15(4)21/h5-10H,11H2,1-4H3. The monoisotopic (exact) mass is 328 g/mol. The van der Waals surface area contributed by atoms with Gasteiger partial charge in [0.1, 0.15) is 12.4 Å². The van der Waals surface area contributed by atoms with Crippen LogP contribution >= 0.6 is 0 Å². The highest BCUT2D eigenvalue weighted by Gasteiger charge is 2.12. The zero-order chi connectivity index (χ0) is 17.7. The van der Waals surface area contributed by atoms with Gasteiger partial charge in [0.05, 0.1) is 0 Å². The van der Waals surface area contributed by atoms with Crippen molar-refractivity contribution in [2.75, 3.05) is 0 Å². The van der Waals surface area contributed by atoms with Crippen LogP contribution in [0.25, 0.3) is 0 Å². The second-order valence-corrected chi connectivity index (χ2v) is 5.48. The van der Waals surface area contributed by atoms with Gasteiger partial charge >= 0.3 is 11.9 Å². The Bertz CT molecular complexity index is 744. The zero-order valence-corrected chi connectivity index (χ0v) is 14.2. The summed E-state index contributed by atoms with van der Waals surface area (Å²) in [5.41, 5.74) is 2.89. The van der Waals surface area contributed by atoms with Gasteiger partial charge in [-0.25, -0.2) is 0 Å². The summed E-state index contributed by atoms with van der Waals surface area (Å²) in [7, 11) is 0. The molecular formula is C19H20O5. The van der Waals surface area contributed by atoms with Crippen LogP contribution in [0, 0.1) is 13.8 Å². The third kappa shape index (κ3) is 4.59. The molecule has 126 valence electrons. The van der Waals surface area contributed by atoms with E-state index in [9.17, 15) is 9.59 Å². The van der Waals surface area contributed by atoms with Crippen LogP contribution < -0.4 is 14.2 Å². The fourth-order valence-corrected chi connectivity index (χ4v) is 2.30. The van der Waals surface area contributed by atoms with Crippen molar-refractivity contribution in [1.29, 1.82) is 0 Å². The Morgan fingerprint density at radius 3 is 2.04 bits per heavy atom. The summed E-state index contributed by atoms with van der Waals surface area (Å²) in [6.45, 7) is 6.85. The minimum atomic E-state index is -0.490. The van der Waals surface area contributed by atoms with Crippen molar-refractivity contribution >= 4 is 11.9 Å². The van der Waals surface area contributed by atoms with Gasteiger partial charge in [-0.3, -0.25) is 9.59 Å². The predicted molar refractivity (Wildman–Crippen MR) is 89.3 cm³/mol. The highest BCUT2D eigenvalue weighted by molar-refractivity contribution is 5.73. The van der Waals surface area contributed by atoms with Gasteiger partial charge in [-0.1, -0.05) is 24.3 Å². The summed E-state index contributed by atoms with van der Waals surface area (Å²) in [6, 6.07) is 10.9. The molecule has 0 saturated carbocycles. The number of ether oxygens (including phenoxy) is 3. The number of hydrogen-bond acceptors (Lipinski definition) is 5. The molecule has 0 heterocycles. The average Bonchev–Trinajstić information content (AvgIpc) is 2.48. The zero-order valence-electron chi connectivity index (χ0n) is 14.2. The molecule has 0 unspecified atom stereocenters. The number of carbonyl (C=O) groups excluding carboxylic acids is 2. The number of hydrogen-bond donors (Lipinski definition) is 0. The van der Waals surface area contributed by atoms with Gasteiger partial charge in [-0.2, -0.15) is 0 Å². The minimum absolute atomic E-state index is 0.195. The van der Waals surface area contributed by atoms with Gasteiger partial charge in [0.15, 0.2) is 11.5 Å². The molecule has 0 aliphatic carbocycles. The van der Waals surface area contributed by atoms with Gasteiger partial charge in [0.25, 0.3) is 0 Å². The van der Waals surface area contributed by atoms with Crippen molar-refractivity contribution in [1.82, 2.24) is 0 Å².